The molecule has 140 valence electrons. The topological polar surface area (TPSA) is 75.7 Å². The number of sulfone groups is 1. The normalized spacial score (nSPS) is 18.7. The van der Waals surface area contributed by atoms with Gasteiger partial charge in [0, 0.05) is 25.0 Å². The fourth-order valence-corrected chi connectivity index (χ4v) is 4.99. The number of hydrogen-bond donors (Lipinski definition) is 1. The van der Waals surface area contributed by atoms with E-state index in [1.54, 1.807) is 39.0 Å². The van der Waals surface area contributed by atoms with Crippen molar-refractivity contribution in [3.8, 4) is 0 Å². The van der Waals surface area contributed by atoms with Crippen molar-refractivity contribution in [2.24, 2.45) is 0 Å². The van der Waals surface area contributed by atoms with Gasteiger partial charge in [0.05, 0.1) is 4.90 Å². The van der Waals surface area contributed by atoms with Crippen LogP contribution in [-0.4, -0.2) is 50.0 Å². The van der Waals surface area contributed by atoms with Crippen LogP contribution in [0, 0.1) is 0 Å². The average Bonchev–Trinajstić information content (AvgIpc) is 2.59. The van der Waals surface area contributed by atoms with Crippen LogP contribution in [0.15, 0.2) is 47.4 Å². The van der Waals surface area contributed by atoms with Crippen LogP contribution in [0.25, 0.3) is 10.8 Å². The predicted molar refractivity (Wildman–Crippen MR) is 101 cm³/mol. The number of nitrogens with one attached hydrogen (secondary N) is 1. The maximum absolute atomic E-state index is 13.4. The zero-order chi connectivity index (χ0) is 18.9. The lowest BCUT2D eigenvalue weighted by atomic mass is 10.1. The second kappa shape index (κ2) is 6.89. The van der Waals surface area contributed by atoms with E-state index in [1.807, 2.05) is 24.3 Å². The van der Waals surface area contributed by atoms with Crippen LogP contribution in [0.1, 0.15) is 20.8 Å². The van der Waals surface area contributed by atoms with Crippen LogP contribution in [-0.2, 0) is 14.6 Å². The van der Waals surface area contributed by atoms with E-state index >= 15 is 0 Å². The standard InChI is InChI=1S/C19H24N2O4S/c1-19(2,3)25-18(22)21-12-11-20-13-17(21)26(23,24)16-10-6-8-14-7-4-5-9-15(14)16/h4-10,17,20H,11-13H2,1-3H3. The van der Waals surface area contributed by atoms with Crippen molar-refractivity contribution in [2.45, 2.75) is 36.6 Å². The Balaban J connectivity index is 2.02. The molecule has 3 rings (SSSR count). The van der Waals surface area contributed by atoms with Gasteiger partial charge in [0.2, 0.25) is 9.84 Å². The molecule has 1 unspecified atom stereocenters. The second-order valence-electron chi connectivity index (χ2n) is 7.35. The maximum Gasteiger partial charge on any atom is 0.411 e. The molecule has 7 heteroatoms. The number of nitrogens with zero attached hydrogens (tertiary/aromatic N) is 1. The molecule has 6 nitrogen and oxygen atoms in total. The first-order chi connectivity index (χ1) is 12.2. The van der Waals surface area contributed by atoms with E-state index in [0.717, 1.165) is 5.39 Å². The van der Waals surface area contributed by atoms with Crippen LogP contribution >= 0.6 is 0 Å². The van der Waals surface area contributed by atoms with Gasteiger partial charge in [-0.15, -0.1) is 0 Å². The molecule has 1 N–H and O–H groups in total. The minimum Gasteiger partial charge on any atom is -0.444 e. The molecule has 1 fully saturated rings. The molecule has 1 atom stereocenters. The highest BCUT2D eigenvalue weighted by atomic mass is 32.2. The molecule has 0 saturated carbocycles. The zero-order valence-electron chi connectivity index (χ0n) is 15.2. The summed E-state index contributed by atoms with van der Waals surface area (Å²) in [6, 6.07) is 12.5. The van der Waals surface area contributed by atoms with Crippen LogP contribution in [0.5, 0.6) is 0 Å². The van der Waals surface area contributed by atoms with E-state index in [2.05, 4.69) is 5.32 Å². The second-order valence-corrected chi connectivity index (χ2v) is 9.43. The third-order valence-electron chi connectivity index (χ3n) is 4.24. The van der Waals surface area contributed by atoms with Crippen molar-refractivity contribution in [3.05, 3.63) is 42.5 Å². The van der Waals surface area contributed by atoms with Gasteiger partial charge in [0.1, 0.15) is 5.60 Å². The molecule has 0 aliphatic carbocycles. The summed E-state index contributed by atoms with van der Waals surface area (Å²) < 4.78 is 32.2. The highest BCUT2D eigenvalue weighted by molar-refractivity contribution is 7.92. The van der Waals surface area contributed by atoms with Crippen molar-refractivity contribution in [1.82, 2.24) is 10.2 Å². The maximum atomic E-state index is 13.4. The molecule has 0 bridgehead atoms. The van der Waals surface area contributed by atoms with Gasteiger partial charge in [-0.05, 0) is 32.2 Å². The molecule has 2 aromatic rings. The summed E-state index contributed by atoms with van der Waals surface area (Å²) in [6.45, 7) is 6.28. The molecule has 0 spiro atoms. The van der Waals surface area contributed by atoms with Crippen LogP contribution in [0.4, 0.5) is 4.79 Å². The van der Waals surface area contributed by atoms with E-state index < -0.39 is 26.9 Å². The summed E-state index contributed by atoms with van der Waals surface area (Å²) in [5.41, 5.74) is -0.685. The van der Waals surface area contributed by atoms with Gasteiger partial charge in [-0.2, -0.15) is 0 Å². The van der Waals surface area contributed by atoms with E-state index in [1.165, 1.54) is 4.90 Å². The predicted octanol–water partition coefficient (Wildman–Crippen LogP) is 2.78. The number of fused-ring (bicyclic) bond motifs is 1. The lowest BCUT2D eigenvalue weighted by molar-refractivity contribution is 0.0193. The molecule has 1 aliphatic rings. The van der Waals surface area contributed by atoms with Crippen LogP contribution < -0.4 is 5.32 Å². The molecule has 1 aliphatic heterocycles. The molecule has 1 amide bonds. The number of amides is 1. The Morgan fingerprint density at radius 2 is 1.85 bits per heavy atom. The monoisotopic (exact) mass is 376 g/mol. The Kier molecular flexibility index (Phi) is 4.94. The molecule has 2 aromatic carbocycles. The smallest absolute Gasteiger partial charge is 0.411 e. The highest BCUT2D eigenvalue weighted by Gasteiger charge is 2.40. The summed E-state index contributed by atoms with van der Waals surface area (Å²) in [4.78, 5) is 14.1. The first kappa shape index (κ1) is 18.7. The van der Waals surface area contributed by atoms with Gasteiger partial charge >= 0.3 is 6.09 Å². The Bertz CT molecular complexity index is 913. The molecule has 1 saturated heterocycles. The van der Waals surface area contributed by atoms with E-state index in [-0.39, 0.29) is 18.0 Å². The van der Waals surface area contributed by atoms with E-state index in [4.69, 9.17) is 4.74 Å². The minimum absolute atomic E-state index is 0.171. The Hall–Kier alpha value is -2.12. The lowest BCUT2D eigenvalue weighted by Gasteiger charge is -2.36. The summed E-state index contributed by atoms with van der Waals surface area (Å²) >= 11 is 0. The molecule has 0 radical (unpaired) electrons. The SMILES string of the molecule is CC(C)(C)OC(=O)N1CCNCC1S(=O)(=O)c1cccc2ccccc12. The number of carbonyl (C=O) groups excluding carboxylic acids is 1. The van der Waals surface area contributed by atoms with Crippen LogP contribution in [0.3, 0.4) is 0 Å². The average molecular weight is 376 g/mol. The minimum atomic E-state index is -3.78. The third kappa shape index (κ3) is 3.68. The summed E-state index contributed by atoms with van der Waals surface area (Å²) in [5.74, 6) is 0. The number of carbonyl (C=O) groups is 1. The van der Waals surface area contributed by atoms with Crippen molar-refractivity contribution in [1.29, 1.82) is 0 Å². The lowest BCUT2D eigenvalue weighted by Crippen LogP contribution is -2.57. The van der Waals surface area contributed by atoms with Crippen LogP contribution in [0.2, 0.25) is 0 Å². The highest BCUT2D eigenvalue weighted by Crippen LogP contribution is 2.28. The van der Waals surface area contributed by atoms with E-state index in [0.29, 0.717) is 11.9 Å². The molecule has 1 heterocycles. The number of ether oxygens (including phenoxy) is 1. The fraction of sp³-hybridized carbons (Fsp3) is 0.421. The largest absolute Gasteiger partial charge is 0.444 e. The van der Waals surface area contributed by atoms with Gasteiger partial charge < -0.3 is 10.1 Å². The van der Waals surface area contributed by atoms with Gasteiger partial charge in [0.15, 0.2) is 5.37 Å². The van der Waals surface area contributed by atoms with Crippen molar-refractivity contribution in [2.75, 3.05) is 19.6 Å². The molecular weight excluding hydrogens is 352 g/mol. The van der Waals surface area contributed by atoms with Gasteiger partial charge in [-0.3, -0.25) is 4.90 Å². The Morgan fingerprint density at radius 3 is 2.58 bits per heavy atom. The number of piperazine rings is 1. The van der Waals surface area contributed by atoms with Gasteiger partial charge in [0.25, 0.3) is 0 Å². The number of benzene rings is 2. The summed E-state index contributed by atoms with van der Waals surface area (Å²) in [5, 5.41) is 3.58. The van der Waals surface area contributed by atoms with Crippen molar-refractivity contribution >= 4 is 26.7 Å². The number of rotatable bonds is 2. The molecule has 0 aromatic heterocycles. The third-order valence-corrected chi connectivity index (χ3v) is 6.34. The van der Waals surface area contributed by atoms with Crippen molar-refractivity contribution < 1.29 is 17.9 Å². The van der Waals surface area contributed by atoms with Crippen molar-refractivity contribution in [3.63, 3.8) is 0 Å². The quantitative estimate of drug-likeness (QED) is 0.872. The Labute approximate surface area is 154 Å². The molecule has 26 heavy (non-hydrogen) atoms. The zero-order valence-corrected chi connectivity index (χ0v) is 16.0. The summed E-state index contributed by atoms with van der Waals surface area (Å²) in [7, 11) is -3.78. The Morgan fingerprint density at radius 1 is 1.15 bits per heavy atom. The molecular formula is C19H24N2O4S. The summed E-state index contributed by atoms with van der Waals surface area (Å²) in [6.07, 6.45) is -0.604. The first-order valence-electron chi connectivity index (χ1n) is 8.62. The fourth-order valence-electron chi connectivity index (χ4n) is 3.08. The van der Waals surface area contributed by atoms with Gasteiger partial charge in [-0.1, -0.05) is 36.4 Å². The number of hydrogen-bond acceptors (Lipinski definition) is 5. The van der Waals surface area contributed by atoms with Gasteiger partial charge in [-0.25, -0.2) is 13.2 Å². The first-order valence-corrected chi connectivity index (χ1v) is 10.2. The van der Waals surface area contributed by atoms with E-state index in [9.17, 15) is 13.2 Å².